The summed E-state index contributed by atoms with van der Waals surface area (Å²) in [7, 11) is 0. The van der Waals surface area contributed by atoms with Crippen LogP contribution >= 0.6 is 0 Å². The van der Waals surface area contributed by atoms with Crippen LogP contribution in [0, 0.1) is 6.92 Å². The molecule has 4 aromatic heterocycles. The lowest BCUT2D eigenvalue weighted by Crippen LogP contribution is -2.36. The maximum absolute atomic E-state index is 6.13. The van der Waals surface area contributed by atoms with Crippen LogP contribution in [0.3, 0.4) is 0 Å². The van der Waals surface area contributed by atoms with Gasteiger partial charge in [-0.25, -0.2) is 0 Å². The first-order valence-electron chi connectivity index (χ1n) is 10.6. The van der Waals surface area contributed by atoms with Crippen LogP contribution in [0.25, 0.3) is 27.9 Å². The van der Waals surface area contributed by atoms with Crippen LogP contribution < -0.4 is 4.74 Å². The highest BCUT2D eigenvalue weighted by Gasteiger charge is 2.18. The summed E-state index contributed by atoms with van der Waals surface area (Å²) in [5.41, 5.74) is 3.27. The van der Waals surface area contributed by atoms with Crippen LogP contribution in [0.4, 0.5) is 0 Å². The monoisotopic (exact) mass is 427 g/mol. The van der Waals surface area contributed by atoms with Gasteiger partial charge in [0, 0.05) is 29.6 Å². The molecule has 0 radical (unpaired) electrons. The molecule has 0 unspecified atom stereocenters. The molecule has 0 bridgehead atoms. The second kappa shape index (κ2) is 7.69. The van der Waals surface area contributed by atoms with Gasteiger partial charge in [0.25, 0.3) is 0 Å². The van der Waals surface area contributed by atoms with Crippen LogP contribution in [0.15, 0.2) is 53.2 Å². The fraction of sp³-hybridized carbons (Fsp3) is 0.261. The summed E-state index contributed by atoms with van der Waals surface area (Å²) in [6, 6.07) is 13.8. The average molecular weight is 427 g/mol. The molecule has 5 aromatic rings. The van der Waals surface area contributed by atoms with Crippen LogP contribution in [-0.4, -0.2) is 47.9 Å². The van der Waals surface area contributed by atoms with Crippen molar-refractivity contribution < 1.29 is 9.26 Å². The molecule has 1 saturated heterocycles. The molecule has 9 nitrogen and oxygen atoms in total. The second-order valence-electron chi connectivity index (χ2n) is 8.01. The zero-order valence-electron chi connectivity index (χ0n) is 17.6. The summed E-state index contributed by atoms with van der Waals surface area (Å²) in [5, 5.41) is 19.1. The number of fused-ring (bicyclic) bond motifs is 3. The van der Waals surface area contributed by atoms with E-state index in [1.165, 1.54) is 25.1 Å². The standard InChI is InChI=1S/C23H21N7O2/c1-15-11-20(28-32-15)22-26-25-21-18-5-2-3-6-19(18)23(27-30(21)22)31-14-17-8-7-16(12-24-17)13-29-9-4-10-29/h2-3,5-8,11-12H,4,9-10,13-14H2,1H3. The van der Waals surface area contributed by atoms with Gasteiger partial charge in [0.05, 0.1) is 5.69 Å². The highest BCUT2D eigenvalue weighted by molar-refractivity contribution is 5.96. The lowest BCUT2D eigenvalue weighted by molar-refractivity contribution is 0.172. The number of nitrogens with zero attached hydrogens (tertiary/aromatic N) is 7. The van der Waals surface area contributed by atoms with Gasteiger partial charge in [-0.1, -0.05) is 29.4 Å². The van der Waals surface area contributed by atoms with Gasteiger partial charge in [0.1, 0.15) is 12.4 Å². The zero-order chi connectivity index (χ0) is 21.5. The molecule has 32 heavy (non-hydrogen) atoms. The second-order valence-corrected chi connectivity index (χ2v) is 8.01. The number of aromatic nitrogens is 6. The Hall–Kier alpha value is -3.85. The van der Waals surface area contributed by atoms with Crippen molar-refractivity contribution in [1.82, 2.24) is 34.9 Å². The van der Waals surface area contributed by atoms with E-state index < -0.39 is 0 Å². The smallest absolute Gasteiger partial charge is 0.240 e. The molecular formula is C23H21N7O2. The van der Waals surface area contributed by atoms with E-state index in [2.05, 4.69) is 31.3 Å². The number of pyridine rings is 1. The summed E-state index contributed by atoms with van der Waals surface area (Å²) < 4.78 is 13.0. The molecule has 0 spiro atoms. The average Bonchev–Trinajstić information content (AvgIpc) is 3.41. The van der Waals surface area contributed by atoms with Gasteiger partial charge in [0.15, 0.2) is 11.3 Å². The highest BCUT2D eigenvalue weighted by Crippen LogP contribution is 2.29. The third kappa shape index (κ3) is 3.36. The minimum absolute atomic E-state index is 0.313. The molecule has 1 aliphatic rings. The first kappa shape index (κ1) is 18.9. The minimum Gasteiger partial charge on any atom is -0.470 e. The van der Waals surface area contributed by atoms with Crippen LogP contribution in [0.1, 0.15) is 23.4 Å². The third-order valence-corrected chi connectivity index (χ3v) is 5.68. The Labute approximate surface area is 183 Å². The zero-order valence-corrected chi connectivity index (χ0v) is 17.6. The number of aryl methyl sites for hydroxylation is 1. The third-order valence-electron chi connectivity index (χ3n) is 5.68. The lowest BCUT2D eigenvalue weighted by atomic mass is 10.1. The van der Waals surface area contributed by atoms with Gasteiger partial charge in [-0.05, 0) is 44.1 Å². The largest absolute Gasteiger partial charge is 0.470 e. The molecule has 1 aliphatic heterocycles. The van der Waals surface area contributed by atoms with Crippen molar-refractivity contribution >= 4 is 16.4 Å². The lowest BCUT2D eigenvalue weighted by Gasteiger charge is -2.30. The SMILES string of the molecule is Cc1cc(-c2nnc3c4ccccc4c(OCc4ccc(CN5CCC5)cn4)nn23)no1. The van der Waals surface area contributed by atoms with E-state index in [1.807, 2.05) is 43.5 Å². The molecular weight excluding hydrogens is 406 g/mol. The van der Waals surface area contributed by atoms with Crippen molar-refractivity contribution in [2.45, 2.75) is 26.5 Å². The number of benzene rings is 1. The Bertz CT molecular complexity index is 1400. The van der Waals surface area contributed by atoms with E-state index in [9.17, 15) is 0 Å². The maximum atomic E-state index is 6.13. The van der Waals surface area contributed by atoms with Gasteiger partial charge in [-0.15, -0.1) is 15.3 Å². The van der Waals surface area contributed by atoms with E-state index in [0.717, 1.165) is 23.0 Å². The number of rotatable bonds is 6. The number of likely N-dealkylation sites (tertiary alicyclic amines) is 1. The Morgan fingerprint density at radius 2 is 1.94 bits per heavy atom. The molecule has 0 N–H and O–H groups in total. The van der Waals surface area contributed by atoms with E-state index in [0.29, 0.717) is 35.4 Å². The van der Waals surface area contributed by atoms with Gasteiger partial charge in [0.2, 0.25) is 11.7 Å². The van der Waals surface area contributed by atoms with E-state index in [4.69, 9.17) is 14.4 Å². The molecule has 0 atom stereocenters. The number of hydrogen-bond acceptors (Lipinski definition) is 8. The van der Waals surface area contributed by atoms with Crippen LogP contribution in [-0.2, 0) is 13.2 Å². The van der Waals surface area contributed by atoms with Gasteiger partial charge in [-0.3, -0.25) is 9.88 Å². The molecule has 1 aromatic carbocycles. The van der Waals surface area contributed by atoms with Gasteiger partial charge < -0.3 is 9.26 Å². The number of ether oxygens (including phenoxy) is 1. The van der Waals surface area contributed by atoms with Gasteiger partial charge in [-0.2, -0.15) is 4.52 Å². The fourth-order valence-corrected chi connectivity index (χ4v) is 3.86. The quantitative estimate of drug-likeness (QED) is 0.407. The first-order chi connectivity index (χ1) is 15.7. The van der Waals surface area contributed by atoms with Crippen molar-refractivity contribution in [2.24, 2.45) is 0 Å². The summed E-state index contributed by atoms with van der Waals surface area (Å²) in [6.45, 7) is 5.44. The maximum Gasteiger partial charge on any atom is 0.240 e. The Balaban J connectivity index is 1.32. The van der Waals surface area contributed by atoms with Crippen molar-refractivity contribution in [1.29, 1.82) is 0 Å². The molecule has 0 amide bonds. The van der Waals surface area contributed by atoms with Gasteiger partial charge >= 0.3 is 0 Å². The molecule has 160 valence electrons. The molecule has 6 rings (SSSR count). The number of hydrogen-bond donors (Lipinski definition) is 0. The molecule has 0 saturated carbocycles. The van der Waals surface area contributed by atoms with E-state index in [-0.39, 0.29) is 0 Å². The van der Waals surface area contributed by atoms with Crippen LogP contribution in [0.5, 0.6) is 5.88 Å². The normalized spacial score (nSPS) is 14.2. The molecule has 9 heteroatoms. The molecule has 5 heterocycles. The summed E-state index contributed by atoms with van der Waals surface area (Å²) in [5.74, 6) is 1.68. The van der Waals surface area contributed by atoms with Crippen molar-refractivity contribution in [3.05, 3.63) is 65.7 Å². The molecule has 0 aliphatic carbocycles. The Morgan fingerprint density at radius 1 is 1.06 bits per heavy atom. The summed E-state index contributed by atoms with van der Waals surface area (Å²) in [6.07, 6.45) is 3.21. The predicted octanol–water partition coefficient (Wildman–Crippen LogP) is 3.42. The Morgan fingerprint density at radius 3 is 2.66 bits per heavy atom. The predicted molar refractivity (Wildman–Crippen MR) is 117 cm³/mol. The summed E-state index contributed by atoms with van der Waals surface area (Å²) >= 11 is 0. The van der Waals surface area contributed by atoms with Crippen molar-refractivity contribution in [3.63, 3.8) is 0 Å². The topological polar surface area (TPSA) is 94.5 Å². The van der Waals surface area contributed by atoms with E-state index >= 15 is 0 Å². The summed E-state index contributed by atoms with van der Waals surface area (Å²) in [4.78, 5) is 6.98. The Kier molecular flexibility index (Phi) is 4.53. The minimum atomic E-state index is 0.313. The first-order valence-corrected chi connectivity index (χ1v) is 10.6. The van der Waals surface area contributed by atoms with Crippen molar-refractivity contribution in [2.75, 3.05) is 13.1 Å². The van der Waals surface area contributed by atoms with Crippen LogP contribution in [0.2, 0.25) is 0 Å². The van der Waals surface area contributed by atoms with Crippen molar-refractivity contribution in [3.8, 4) is 17.4 Å². The molecule has 1 fully saturated rings. The highest BCUT2D eigenvalue weighted by atomic mass is 16.5. The van der Waals surface area contributed by atoms with E-state index in [1.54, 1.807) is 10.6 Å². The fourth-order valence-electron chi connectivity index (χ4n) is 3.86.